The highest BCUT2D eigenvalue weighted by Gasteiger charge is 2.21. The molecule has 0 radical (unpaired) electrons. The molecule has 1 fully saturated rings. The van der Waals surface area contributed by atoms with Crippen molar-refractivity contribution >= 4 is 5.78 Å². The molecular formula is C9H17NO. The lowest BCUT2D eigenvalue weighted by atomic mass is 9.94. The number of nitrogens with zero attached hydrogens (tertiary/aromatic N) is 1. The summed E-state index contributed by atoms with van der Waals surface area (Å²) in [5.74, 6) is 1.21. The Kier molecular flexibility index (Phi) is 3.06. The fourth-order valence-electron chi connectivity index (χ4n) is 1.65. The SMILES string of the molecule is CC(=O)CCCC1CN(C)C1. The largest absolute Gasteiger partial charge is 0.306 e. The number of rotatable bonds is 4. The highest BCUT2D eigenvalue weighted by atomic mass is 16.1. The first-order valence-corrected chi connectivity index (χ1v) is 4.36. The fraction of sp³-hybridized carbons (Fsp3) is 0.889. The molecule has 0 aliphatic carbocycles. The van der Waals surface area contributed by atoms with Gasteiger partial charge in [0.05, 0.1) is 0 Å². The summed E-state index contributed by atoms with van der Waals surface area (Å²) in [5, 5.41) is 0. The first-order chi connectivity index (χ1) is 5.18. The Morgan fingerprint density at radius 1 is 1.55 bits per heavy atom. The molecule has 64 valence electrons. The number of carbonyl (C=O) groups is 1. The summed E-state index contributed by atoms with van der Waals surface area (Å²) in [4.78, 5) is 12.9. The molecule has 1 aliphatic rings. The van der Waals surface area contributed by atoms with E-state index in [1.807, 2.05) is 0 Å². The highest BCUT2D eigenvalue weighted by Crippen LogP contribution is 2.18. The first kappa shape index (κ1) is 8.72. The third-order valence-corrected chi connectivity index (χ3v) is 2.28. The summed E-state index contributed by atoms with van der Waals surface area (Å²) < 4.78 is 0. The maximum Gasteiger partial charge on any atom is 0.129 e. The van der Waals surface area contributed by atoms with Crippen LogP contribution >= 0.6 is 0 Å². The molecule has 0 aromatic carbocycles. The van der Waals surface area contributed by atoms with Gasteiger partial charge in [0.25, 0.3) is 0 Å². The number of ketones is 1. The molecular weight excluding hydrogens is 138 g/mol. The highest BCUT2D eigenvalue weighted by molar-refractivity contribution is 5.75. The van der Waals surface area contributed by atoms with Crippen molar-refractivity contribution in [1.29, 1.82) is 0 Å². The number of likely N-dealkylation sites (tertiary alicyclic amines) is 1. The summed E-state index contributed by atoms with van der Waals surface area (Å²) in [6.45, 7) is 4.14. The van der Waals surface area contributed by atoms with E-state index in [1.165, 1.54) is 19.5 Å². The Hall–Kier alpha value is -0.370. The van der Waals surface area contributed by atoms with Gasteiger partial charge in [-0.2, -0.15) is 0 Å². The molecule has 0 aromatic heterocycles. The van der Waals surface area contributed by atoms with Crippen LogP contribution in [0.2, 0.25) is 0 Å². The van der Waals surface area contributed by atoms with Crippen LogP contribution in [0, 0.1) is 5.92 Å². The van der Waals surface area contributed by atoms with E-state index in [9.17, 15) is 4.79 Å². The van der Waals surface area contributed by atoms with E-state index >= 15 is 0 Å². The van der Waals surface area contributed by atoms with Gasteiger partial charge >= 0.3 is 0 Å². The molecule has 0 atom stereocenters. The van der Waals surface area contributed by atoms with Gasteiger partial charge in [0.15, 0.2) is 0 Å². The molecule has 0 amide bonds. The molecule has 2 nitrogen and oxygen atoms in total. The van der Waals surface area contributed by atoms with E-state index < -0.39 is 0 Å². The van der Waals surface area contributed by atoms with Crippen LogP contribution in [0.1, 0.15) is 26.2 Å². The van der Waals surface area contributed by atoms with Gasteiger partial charge in [0.1, 0.15) is 5.78 Å². The normalized spacial score (nSPS) is 19.8. The predicted molar refractivity (Wildman–Crippen MR) is 45.5 cm³/mol. The van der Waals surface area contributed by atoms with Crippen molar-refractivity contribution < 1.29 is 4.79 Å². The van der Waals surface area contributed by atoms with Gasteiger partial charge in [-0.1, -0.05) is 0 Å². The van der Waals surface area contributed by atoms with Crippen LogP contribution in [-0.2, 0) is 4.79 Å². The van der Waals surface area contributed by atoms with Crippen molar-refractivity contribution in [2.24, 2.45) is 5.92 Å². The Balaban J connectivity index is 1.92. The molecule has 0 unspecified atom stereocenters. The lowest BCUT2D eigenvalue weighted by Gasteiger charge is -2.36. The van der Waals surface area contributed by atoms with E-state index in [-0.39, 0.29) is 0 Å². The number of carbonyl (C=O) groups excluding carboxylic acids is 1. The van der Waals surface area contributed by atoms with Crippen LogP contribution in [-0.4, -0.2) is 30.8 Å². The Bertz CT molecular complexity index is 138. The second kappa shape index (κ2) is 3.86. The summed E-state index contributed by atoms with van der Waals surface area (Å²) in [7, 11) is 2.14. The van der Waals surface area contributed by atoms with E-state index in [2.05, 4.69) is 11.9 Å². The lowest BCUT2D eigenvalue weighted by molar-refractivity contribution is -0.117. The minimum Gasteiger partial charge on any atom is -0.306 e. The van der Waals surface area contributed by atoms with Crippen molar-refractivity contribution in [2.75, 3.05) is 20.1 Å². The fourth-order valence-corrected chi connectivity index (χ4v) is 1.65. The number of hydrogen-bond donors (Lipinski definition) is 0. The van der Waals surface area contributed by atoms with Gasteiger partial charge in [-0.05, 0) is 32.7 Å². The van der Waals surface area contributed by atoms with Gasteiger partial charge in [0.2, 0.25) is 0 Å². The predicted octanol–water partition coefficient (Wildman–Crippen LogP) is 1.31. The van der Waals surface area contributed by atoms with E-state index in [0.29, 0.717) is 5.78 Å². The molecule has 1 aliphatic heterocycles. The summed E-state index contributed by atoms with van der Waals surface area (Å²) in [5.41, 5.74) is 0. The molecule has 0 N–H and O–H groups in total. The van der Waals surface area contributed by atoms with Crippen LogP contribution in [0.5, 0.6) is 0 Å². The Morgan fingerprint density at radius 3 is 2.64 bits per heavy atom. The molecule has 0 aromatic rings. The van der Waals surface area contributed by atoms with Crippen LogP contribution in [0.4, 0.5) is 0 Å². The third-order valence-electron chi connectivity index (χ3n) is 2.28. The minimum atomic E-state index is 0.331. The minimum absolute atomic E-state index is 0.331. The van der Waals surface area contributed by atoms with Crippen molar-refractivity contribution in [2.45, 2.75) is 26.2 Å². The molecule has 0 spiro atoms. The smallest absolute Gasteiger partial charge is 0.129 e. The second-order valence-corrected chi connectivity index (χ2v) is 3.68. The lowest BCUT2D eigenvalue weighted by Crippen LogP contribution is -2.43. The monoisotopic (exact) mass is 155 g/mol. The molecule has 1 rings (SSSR count). The summed E-state index contributed by atoms with van der Waals surface area (Å²) in [6, 6.07) is 0. The van der Waals surface area contributed by atoms with Crippen molar-refractivity contribution in [3.8, 4) is 0 Å². The number of Topliss-reactive ketones (excluding diaryl/α,β-unsaturated/α-hetero) is 1. The van der Waals surface area contributed by atoms with Gasteiger partial charge in [-0.25, -0.2) is 0 Å². The quantitative estimate of drug-likeness (QED) is 0.610. The van der Waals surface area contributed by atoms with Crippen LogP contribution < -0.4 is 0 Å². The zero-order valence-electron chi connectivity index (χ0n) is 7.47. The van der Waals surface area contributed by atoms with Gasteiger partial charge in [-0.15, -0.1) is 0 Å². The molecule has 0 bridgehead atoms. The molecule has 11 heavy (non-hydrogen) atoms. The molecule has 1 saturated heterocycles. The zero-order chi connectivity index (χ0) is 8.27. The Morgan fingerprint density at radius 2 is 2.18 bits per heavy atom. The maximum atomic E-state index is 10.6. The van der Waals surface area contributed by atoms with Crippen LogP contribution in [0.15, 0.2) is 0 Å². The maximum absolute atomic E-state index is 10.6. The van der Waals surface area contributed by atoms with Crippen LogP contribution in [0.3, 0.4) is 0 Å². The molecule has 0 saturated carbocycles. The molecule has 1 heterocycles. The average Bonchev–Trinajstić information content (AvgIpc) is 1.83. The van der Waals surface area contributed by atoms with E-state index in [1.54, 1.807) is 6.92 Å². The van der Waals surface area contributed by atoms with Crippen LogP contribution in [0.25, 0.3) is 0 Å². The summed E-state index contributed by atoms with van der Waals surface area (Å²) >= 11 is 0. The topological polar surface area (TPSA) is 20.3 Å². The van der Waals surface area contributed by atoms with Gasteiger partial charge in [0, 0.05) is 19.5 Å². The van der Waals surface area contributed by atoms with Crippen molar-refractivity contribution in [3.63, 3.8) is 0 Å². The standard InChI is InChI=1S/C9H17NO/c1-8(11)4-3-5-9-6-10(2)7-9/h9H,3-7H2,1-2H3. The second-order valence-electron chi connectivity index (χ2n) is 3.68. The summed E-state index contributed by atoms with van der Waals surface area (Å²) in [6.07, 6.45) is 3.11. The van der Waals surface area contributed by atoms with Gasteiger partial charge in [-0.3, -0.25) is 0 Å². The van der Waals surface area contributed by atoms with Gasteiger partial charge < -0.3 is 9.69 Å². The first-order valence-electron chi connectivity index (χ1n) is 4.36. The number of hydrogen-bond acceptors (Lipinski definition) is 2. The molecule has 2 heteroatoms. The van der Waals surface area contributed by atoms with Crippen molar-refractivity contribution in [1.82, 2.24) is 4.90 Å². The van der Waals surface area contributed by atoms with Crippen molar-refractivity contribution in [3.05, 3.63) is 0 Å². The average molecular weight is 155 g/mol. The third kappa shape index (κ3) is 3.02. The van der Waals surface area contributed by atoms with E-state index in [4.69, 9.17) is 0 Å². The Labute approximate surface area is 68.6 Å². The van der Waals surface area contributed by atoms with E-state index in [0.717, 1.165) is 18.8 Å². The zero-order valence-corrected chi connectivity index (χ0v) is 7.47.